The fraction of sp³-hybridized carbons (Fsp3) is 0.533. The molecule has 0 atom stereocenters. The van der Waals surface area contributed by atoms with Gasteiger partial charge in [0, 0.05) is 11.8 Å². The van der Waals surface area contributed by atoms with E-state index in [1.165, 1.54) is 12.8 Å². The second kappa shape index (κ2) is 5.61. The number of hydrogen-bond acceptors (Lipinski definition) is 4. The van der Waals surface area contributed by atoms with Crippen molar-refractivity contribution >= 4 is 11.6 Å². The molecule has 1 aromatic rings. The van der Waals surface area contributed by atoms with Crippen molar-refractivity contribution in [2.24, 2.45) is 0 Å². The summed E-state index contributed by atoms with van der Waals surface area (Å²) in [7, 11) is 1.65. The van der Waals surface area contributed by atoms with Crippen LogP contribution in [0, 0.1) is 0 Å². The molecule has 0 radical (unpaired) electrons. The summed E-state index contributed by atoms with van der Waals surface area (Å²) in [6, 6.07) is 5.83. The van der Waals surface area contributed by atoms with Crippen LogP contribution in [0.2, 0.25) is 0 Å². The summed E-state index contributed by atoms with van der Waals surface area (Å²) in [5.41, 5.74) is 0.983. The van der Waals surface area contributed by atoms with Gasteiger partial charge in [-0.15, -0.1) is 0 Å². The Hall–Kier alpha value is -1.91. The first-order valence-electron chi connectivity index (χ1n) is 7.12. The lowest BCUT2D eigenvalue weighted by atomic mass is 10.2. The first kappa shape index (κ1) is 13.1. The maximum absolute atomic E-state index is 11.3. The highest BCUT2D eigenvalue weighted by Gasteiger charge is 2.22. The molecule has 108 valence electrons. The Morgan fingerprint density at radius 3 is 2.70 bits per heavy atom. The number of hydrogen-bond donors (Lipinski definition) is 1. The maximum Gasteiger partial charge on any atom is 0.240 e. The summed E-state index contributed by atoms with van der Waals surface area (Å²) < 4.78 is 11.4. The maximum atomic E-state index is 11.3. The highest BCUT2D eigenvalue weighted by atomic mass is 16.5. The molecule has 0 bridgehead atoms. The number of nitrogens with one attached hydrogen (secondary N) is 1. The van der Waals surface area contributed by atoms with E-state index in [9.17, 15) is 4.79 Å². The van der Waals surface area contributed by atoms with Gasteiger partial charge in [0.05, 0.1) is 26.4 Å². The average molecular weight is 276 g/mol. The number of amides is 1. The Bertz CT molecular complexity index is 498. The van der Waals surface area contributed by atoms with Gasteiger partial charge >= 0.3 is 0 Å². The number of benzene rings is 1. The zero-order chi connectivity index (χ0) is 13.9. The van der Waals surface area contributed by atoms with E-state index in [1.54, 1.807) is 7.11 Å². The molecule has 1 aromatic carbocycles. The van der Waals surface area contributed by atoms with Gasteiger partial charge in [0.1, 0.15) is 0 Å². The number of carbonyl (C=O) groups is 1. The summed E-state index contributed by atoms with van der Waals surface area (Å²) in [4.78, 5) is 13.3. The van der Waals surface area contributed by atoms with E-state index < -0.39 is 0 Å². The molecule has 0 spiro atoms. The van der Waals surface area contributed by atoms with Crippen molar-refractivity contribution in [3.05, 3.63) is 18.2 Å². The lowest BCUT2D eigenvalue weighted by molar-refractivity contribution is -0.118. The highest BCUT2D eigenvalue weighted by molar-refractivity contribution is 5.84. The van der Waals surface area contributed by atoms with Crippen LogP contribution in [-0.2, 0) is 4.79 Å². The van der Waals surface area contributed by atoms with Crippen molar-refractivity contribution < 1.29 is 14.3 Å². The number of ether oxygens (including phenoxy) is 2. The minimum absolute atomic E-state index is 0.0547. The number of methoxy groups -OCH3 is 1. The fourth-order valence-corrected chi connectivity index (χ4v) is 2.79. The molecule has 20 heavy (non-hydrogen) atoms. The predicted molar refractivity (Wildman–Crippen MR) is 76.2 cm³/mol. The molecule has 2 fully saturated rings. The highest BCUT2D eigenvalue weighted by Crippen LogP contribution is 2.35. The van der Waals surface area contributed by atoms with Crippen molar-refractivity contribution in [1.29, 1.82) is 0 Å². The Morgan fingerprint density at radius 2 is 2.05 bits per heavy atom. The average Bonchev–Trinajstić information content (AvgIpc) is 3.10. The van der Waals surface area contributed by atoms with Gasteiger partial charge in [0.2, 0.25) is 5.91 Å². The number of rotatable bonds is 4. The molecule has 0 aromatic heterocycles. The van der Waals surface area contributed by atoms with Gasteiger partial charge in [-0.1, -0.05) is 0 Å². The summed E-state index contributed by atoms with van der Waals surface area (Å²) in [6.07, 6.45) is 4.97. The van der Waals surface area contributed by atoms with Gasteiger partial charge < -0.3 is 19.7 Å². The SMILES string of the molecule is COc1ccc(N2CNC(=O)C2)cc1OC1CCCC1. The van der Waals surface area contributed by atoms with Crippen LogP contribution in [0.4, 0.5) is 5.69 Å². The van der Waals surface area contributed by atoms with Crippen LogP contribution in [-0.4, -0.2) is 32.3 Å². The Balaban J connectivity index is 1.80. The van der Waals surface area contributed by atoms with Crippen molar-refractivity contribution in [2.45, 2.75) is 31.8 Å². The Labute approximate surface area is 118 Å². The minimum atomic E-state index is 0.0547. The van der Waals surface area contributed by atoms with E-state index >= 15 is 0 Å². The summed E-state index contributed by atoms with van der Waals surface area (Å²) in [5.74, 6) is 1.58. The molecule has 5 heteroatoms. The molecule has 1 saturated carbocycles. The van der Waals surface area contributed by atoms with Gasteiger partial charge in [0.25, 0.3) is 0 Å². The first-order chi connectivity index (χ1) is 9.76. The first-order valence-corrected chi connectivity index (χ1v) is 7.12. The van der Waals surface area contributed by atoms with Gasteiger partial charge in [0.15, 0.2) is 11.5 Å². The molecule has 1 N–H and O–H groups in total. The van der Waals surface area contributed by atoms with E-state index in [0.717, 1.165) is 30.0 Å². The molecular formula is C15H20N2O3. The predicted octanol–water partition coefficient (Wildman–Crippen LogP) is 1.91. The minimum Gasteiger partial charge on any atom is -0.493 e. The van der Waals surface area contributed by atoms with Gasteiger partial charge in [-0.05, 0) is 37.8 Å². The molecule has 5 nitrogen and oxygen atoms in total. The standard InChI is InChI=1S/C15H20N2O3/c1-19-13-7-6-11(17-9-15(18)16-10-17)8-14(13)20-12-4-2-3-5-12/h6-8,12H,2-5,9-10H2,1H3,(H,16,18). The van der Waals surface area contributed by atoms with Crippen LogP contribution < -0.4 is 19.7 Å². The molecule has 1 aliphatic carbocycles. The molecule has 1 aliphatic heterocycles. The van der Waals surface area contributed by atoms with Crippen LogP contribution >= 0.6 is 0 Å². The lowest BCUT2D eigenvalue weighted by Gasteiger charge is -2.20. The van der Waals surface area contributed by atoms with Gasteiger partial charge in [-0.2, -0.15) is 0 Å². The molecule has 3 rings (SSSR count). The van der Waals surface area contributed by atoms with Crippen LogP contribution in [0.15, 0.2) is 18.2 Å². The van der Waals surface area contributed by atoms with E-state index in [4.69, 9.17) is 9.47 Å². The van der Waals surface area contributed by atoms with Crippen LogP contribution in [0.25, 0.3) is 0 Å². The molecule has 1 heterocycles. The summed E-state index contributed by atoms with van der Waals surface area (Å²) >= 11 is 0. The fourth-order valence-electron chi connectivity index (χ4n) is 2.79. The largest absolute Gasteiger partial charge is 0.493 e. The smallest absolute Gasteiger partial charge is 0.240 e. The van der Waals surface area contributed by atoms with Crippen LogP contribution in [0.5, 0.6) is 11.5 Å². The third-order valence-corrected chi connectivity index (χ3v) is 3.91. The molecule has 1 saturated heterocycles. The second-order valence-electron chi connectivity index (χ2n) is 5.32. The topological polar surface area (TPSA) is 50.8 Å². The van der Waals surface area contributed by atoms with Crippen LogP contribution in [0.1, 0.15) is 25.7 Å². The number of carbonyl (C=O) groups excluding carboxylic acids is 1. The number of nitrogens with zero attached hydrogens (tertiary/aromatic N) is 1. The summed E-state index contributed by atoms with van der Waals surface area (Å²) in [5, 5.41) is 2.80. The normalized spacial score (nSPS) is 19.2. The zero-order valence-electron chi connectivity index (χ0n) is 11.7. The monoisotopic (exact) mass is 276 g/mol. The third kappa shape index (κ3) is 2.66. The zero-order valence-corrected chi connectivity index (χ0v) is 11.7. The van der Waals surface area contributed by atoms with E-state index in [-0.39, 0.29) is 12.0 Å². The van der Waals surface area contributed by atoms with Crippen LogP contribution in [0.3, 0.4) is 0 Å². The molecular weight excluding hydrogens is 256 g/mol. The van der Waals surface area contributed by atoms with E-state index in [2.05, 4.69) is 5.32 Å². The van der Waals surface area contributed by atoms with Crippen molar-refractivity contribution in [3.8, 4) is 11.5 Å². The molecule has 0 unspecified atom stereocenters. The summed E-state index contributed by atoms with van der Waals surface area (Å²) in [6.45, 7) is 0.948. The van der Waals surface area contributed by atoms with E-state index in [1.807, 2.05) is 23.1 Å². The van der Waals surface area contributed by atoms with E-state index in [0.29, 0.717) is 13.2 Å². The Kier molecular flexibility index (Phi) is 3.67. The van der Waals surface area contributed by atoms with Crippen molar-refractivity contribution in [3.63, 3.8) is 0 Å². The molecule has 2 aliphatic rings. The second-order valence-corrected chi connectivity index (χ2v) is 5.32. The molecule has 1 amide bonds. The Morgan fingerprint density at radius 1 is 1.25 bits per heavy atom. The van der Waals surface area contributed by atoms with Crippen molar-refractivity contribution in [2.75, 3.05) is 25.2 Å². The van der Waals surface area contributed by atoms with Gasteiger partial charge in [-0.25, -0.2) is 0 Å². The third-order valence-electron chi connectivity index (χ3n) is 3.91. The van der Waals surface area contributed by atoms with Gasteiger partial charge in [-0.3, -0.25) is 4.79 Å². The van der Waals surface area contributed by atoms with Crippen molar-refractivity contribution in [1.82, 2.24) is 5.32 Å². The lowest BCUT2D eigenvalue weighted by Crippen LogP contribution is -2.21. The number of anilines is 1. The quantitative estimate of drug-likeness (QED) is 0.912.